The van der Waals surface area contributed by atoms with Crippen LogP contribution in [0.4, 0.5) is 0 Å². The average Bonchev–Trinajstić information content (AvgIpc) is 3.01. The van der Waals surface area contributed by atoms with Crippen LogP contribution >= 0.6 is 11.6 Å². The second-order valence-corrected chi connectivity index (χ2v) is 8.03. The summed E-state index contributed by atoms with van der Waals surface area (Å²) in [5, 5.41) is 8.24. The SMILES string of the molecule is Cc1cc(C)n2nc(CC(=O)NC(CCC(C)C)c3ccc(Cl)cc3)nc2n1. The molecular formula is C21H26ClN5O. The Kier molecular flexibility index (Phi) is 6.29. The standard InChI is InChI=1S/C21H26ClN5O/c1-13(2)5-10-18(16-6-8-17(22)9-7-16)24-20(28)12-19-25-21-23-14(3)11-15(4)27(21)26-19/h6-9,11,13,18H,5,10,12H2,1-4H3,(H,24,28). The summed E-state index contributed by atoms with van der Waals surface area (Å²) in [6, 6.07) is 9.51. The van der Waals surface area contributed by atoms with Gasteiger partial charge in [-0.05, 0) is 56.4 Å². The van der Waals surface area contributed by atoms with Crippen molar-refractivity contribution in [3.63, 3.8) is 0 Å². The van der Waals surface area contributed by atoms with E-state index in [1.165, 1.54) is 0 Å². The normalized spacial score (nSPS) is 12.5. The Labute approximate surface area is 170 Å². The van der Waals surface area contributed by atoms with Crippen molar-refractivity contribution < 1.29 is 4.79 Å². The topological polar surface area (TPSA) is 72.2 Å². The summed E-state index contributed by atoms with van der Waals surface area (Å²) in [5.41, 5.74) is 2.87. The Morgan fingerprint density at radius 2 is 1.86 bits per heavy atom. The van der Waals surface area contributed by atoms with Gasteiger partial charge in [-0.3, -0.25) is 4.79 Å². The molecule has 1 aromatic carbocycles. The van der Waals surface area contributed by atoms with Gasteiger partial charge in [0.05, 0.1) is 12.5 Å². The summed E-state index contributed by atoms with van der Waals surface area (Å²) in [5.74, 6) is 1.45. The third-order valence-corrected chi connectivity index (χ3v) is 4.87. The van der Waals surface area contributed by atoms with Crippen molar-refractivity contribution in [2.45, 2.75) is 53.0 Å². The van der Waals surface area contributed by atoms with E-state index in [-0.39, 0.29) is 18.4 Å². The van der Waals surface area contributed by atoms with Crippen molar-refractivity contribution >= 4 is 23.3 Å². The number of nitrogens with one attached hydrogen (secondary N) is 1. The molecule has 0 spiro atoms. The molecule has 0 aliphatic carbocycles. The van der Waals surface area contributed by atoms with Crippen LogP contribution in [0.15, 0.2) is 30.3 Å². The maximum atomic E-state index is 12.7. The molecule has 0 saturated carbocycles. The van der Waals surface area contributed by atoms with Gasteiger partial charge in [-0.25, -0.2) is 9.50 Å². The summed E-state index contributed by atoms with van der Waals surface area (Å²) >= 11 is 6.01. The number of halogens is 1. The molecule has 3 aromatic rings. The lowest BCUT2D eigenvalue weighted by molar-refractivity contribution is -0.121. The monoisotopic (exact) mass is 399 g/mol. The lowest BCUT2D eigenvalue weighted by atomic mass is 9.97. The van der Waals surface area contributed by atoms with Gasteiger partial charge in [0.15, 0.2) is 5.82 Å². The molecule has 1 atom stereocenters. The Hall–Kier alpha value is -2.47. The number of benzene rings is 1. The maximum Gasteiger partial charge on any atom is 0.252 e. The zero-order valence-corrected chi connectivity index (χ0v) is 17.5. The van der Waals surface area contributed by atoms with Crippen LogP contribution in [0, 0.1) is 19.8 Å². The number of aryl methyl sites for hydroxylation is 2. The summed E-state index contributed by atoms with van der Waals surface area (Å²) in [6.45, 7) is 8.22. The largest absolute Gasteiger partial charge is 0.349 e. The van der Waals surface area contributed by atoms with E-state index in [4.69, 9.17) is 11.6 Å². The van der Waals surface area contributed by atoms with Gasteiger partial charge in [0.2, 0.25) is 5.91 Å². The van der Waals surface area contributed by atoms with Crippen LogP contribution in [-0.2, 0) is 11.2 Å². The van der Waals surface area contributed by atoms with Gasteiger partial charge in [0.25, 0.3) is 5.78 Å². The Morgan fingerprint density at radius 1 is 1.14 bits per heavy atom. The van der Waals surface area contributed by atoms with Gasteiger partial charge in [0, 0.05) is 16.4 Å². The van der Waals surface area contributed by atoms with Crippen LogP contribution in [-0.4, -0.2) is 25.5 Å². The Bertz CT molecular complexity index is 965. The second-order valence-electron chi connectivity index (χ2n) is 7.60. The molecule has 2 heterocycles. The first-order valence-corrected chi connectivity index (χ1v) is 9.94. The smallest absolute Gasteiger partial charge is 0.252 e. The molecule has 1 amide bonds. The number of hydrogen-bond acceptors (Lipinski definition) is 4. The van der Waals surface area contributed by atoms with Crippen molar-refractivity contribution in [3.05, 3.63) is 58.1 Å². The Balaban J connectivity index is 1.74. The van der Waals surface area contributed by atoms with Gasteiger partial charge in [0.1, 0.15) is 0 Å². The molecule has 3 rings (SSSR count). The first kappa shape index (κ1) is 20.3. The number of carbonyl (C=O) groups excluding carboxylic acids is 1. The summed E-state index contributed by atoms with van der Waals surface area (Å²) < 4.78 is 1.67. The minimum atomic E-state index is -0.103. The van der Waals surface area contributed by atoms with Crippen LogP contribution < -0.4 is 5.32 Å². The van der Waals surface area contributed by atoms with Crippen LogP contribution in [0.25, 0.3) is 5.78 Å². The number of hydrogen-bond donors (Lipinski definition) is 1. The number of carbonyl (C=O) groups is 1. The summed E-state index contributed by atoms with van der Waals surface area (Å²) in [7, 11) is 0. The number of nitrogens with zero attached hydrogens (tertiary/aromatic N) is 4. The van der Waals surface area contributed by atoms with Crippen molar-refractivity contribution in [1.82, 2.24) is 24.9 Å². The highest BCUT2D eigenvalue weighted by Crippen LogP contribution is 2.23. The maximum absolute atomic E-state index is 12.7. The third-order valence-electron chi connectivity index (χ3n) is 4.62. The molecule has 2 aromatic heterocycles. The zero-order chi connectivity index (χ0) is 20.3. The first-order valence-electron chi connectivity index (χ1n) is 9.56. The number of aromatic nitrogens is 4. The van der Waals surface area contributed by atoms with Crippen molar-refractivity contribution in [1.29, 1.82) is 0 Å². The predicted molar refractivity (Wildman–Crippen MR) is 110 cm³/mol. The minimum Gasteiger partial charge on any atom is -0.349 e. The molecule has 28 heavy (non-hydrogen) atoms. The minimum absolute atomic E-state index is 0.0636. The van der Waals surface area contributed by atoms with E-state index in [0.717, 1.165) is 29.8 Å². The molecule has 7 heteroatoms. The van der Waals surface area contributed by atoms with Crippen LogP contribution in [0.3, 0.4) is 0 Å². The first-order chi connectivity index (χ1) is 13.3. The molecule has 1 N–H and O–H groups in total. The fourth-order valence-corrected chi connectivity index (χ4v) is 3.31. The number of fused-ring (bicyclic) bond motifs is 1. The summed E-state index contributed by atoms with van der Waals surface area (Å²) in [6.07, 6.45) is 2.00. The van der Waals surface area contributed by atoms with Crippen LogP contribution in [0.5, 0.6) is 0 Å². The van der Waals surface area contributed by atoms with Crippen LogP contribution in [0.2, 0.25) is 5.02 Å². The lowest BCUT2D eigenvalue weighted by Crippen LogP contribution is -2.30. The van der Waals surface area contributed by atoms with E-state index in [1.54, 1.807) is 4.52 Å². The summed E-state index contributed by atoms with van der Waals surface area (Å²) in [4.78, 5) is 21.5. The van der Waals surface area contributed by atoms with E-state index >= 15 is 0 Å². The van der Waals surface area contributed by atoms with Gasteiger partial charge in [-0.1, -0.05) is 37.6 Å². The zero-order valence-electron chi connectivity index (χ0n) is 16.7. The number of rotatable bonds is 7. The molecule has 0 bridgehead atoms. The Morgan fingerprint density at radius 3 is 2.54 bits per heavy atom. The van der Waals surface area contributed by atoms with Crippen molar-refractivity contribution in [3.8, 4) is 0 Å². The van der Waals surface area contributed by atoms with Crippen molar-refractivity contribution in [2.75, 3.05) is 0 Å². The van der Waals surface area contributed by atoms with Gasteiger partial charge >= 0.3 is 0 Å². The fraction of sp³-hybridized carbons (Fsp3) is 0.429. The van der Waals surface area contributed by atoms with Gasteiger partial charge in [-0.2, -0.15) is 4.98 Å². The van der Waals surface area contributed by atoms with E-state index in [9.17, 15) is 4.79 Å². The second kappa shape index (κ2) is 8.69. The van der Waals surface area contributed by atoms with E-state index in [2.05, 4.69) is 34.2 Å². The molecule has 148 valence electrons. The molecule has 0 radical (unpaired) electrons. The molecule has 0 aliphatic rings. The molecule has 0 saturated heterocycles. The van der Waals surface area contributed by atoms with E-state index in [1.807, 2.05) is 44.2 Å². The van der Waals surface area contributed by atoms with Gasteiger partial charge in [-0.15, -0.1) is 5.10 Å². The van der Waals surface area contributed by atoms with Crippen LogP contribution in [0.1, 0.15) is 55.5 Å². The molecule has 0 fully saturated rings. The molecule has 1 unspecified atom stereocenters. The van der Waals surface area contributed by atoms with E-state index in [0.29, 0.717) is 22.5 Å². The predicted octanol–water partition coefficient (Wildman–Crippen LogP) is 4.23. The molecule has 0 aliphatic heterocycles. The molecule has 6 nitrogen and oxygen atoms in total. The highest BCUT2D eigenvalue weighted by Gasteiger charge is 2.18. The average molecular weight is 400 g/mol. The highest BCUT2D eigenvalue weighted by molar-refractivity contribution is 6.30. The van der Waals surface area contributed by atoms with E-state index < -0.39 is 0 Å². The quantitative estimate of drug-likeness (QED) is 0.645. The van der Waals surface area contributed by atoms with Crippen molar-refractivity contribution in [2.24, 2.45) is 5.92 Å². The highest BCUT2D eigenvalue weighted by atomic mass is 35.5. The fourth-order valence-electron chi connectivity index (χ4n) is 3.19. The molecular weight excluding hydrogens is 374 g/mol. The number of amides is 1. The third kappa shape index (κ3) is 5.07. The lowest BCUT2D eigenvalue weighted by Gasteiger charge is -2.20. The van der Waals surface area contributed by atoms with Gasteiger partial charge < -0.3 is 5.32 Å².